The number of rotatable bonds is 0. The molecule has 5 rings (SSSR count). The highest BCUT2D eigenvalue weighted by molar-refractivity contribution is 5.21. The second kappa shape index (κ2) is 6.64. The lowest BCUT2D eigenvalue weighted by Crippen LogP contribution is -2.67. The average Bonchev–Trinajstić information content (AvgIpc) is 2.69. The predicted octanol–water partition coefficient (Wildman–Crippen LogP) is 8.02. The first-order valence-electron chi connectivity index (χ1n) is 13.7. The van der Waals surface area contributed by atoms with E-state index in [4.69, 9.17) is 0 Å². The fraction of sp³-hybridized carbons (Fsp3) is 0.933. The highest BCUT2D eigenvalue weighted by atomic mass is 16.3. The smallest absolute Gasteiger partial charge is 0.0594 e. The van der Waals surface area contributed by atoms with Gasteiger partial charge >= 0.3 is 0 Å². The number of fused-ring (bicyclic) bond motifs is 7. The van der Waals surface area contributed by atoms with Crippen LogP contribution in [0.5, 0.6) is 0 Å². The van der Waals surface area contributed by atoms with E-state index >= 15 is 0 Å². The van der Waals surface area contributed by atoms with Crippen LogP contribution in [-0.2, 0) is 0 Å². The number of hydrogen-bond acceptors (Lipinski definition) is 1. The van der Waals surface area contributed by atoms with Crippen molar-refractivity contribution in [2.75, 3.05) is 0 Å². The van der Waals surface area contributed by atoms with E-state index < -0.39 is 0 Å². The van der Waals surface area contributed by atoms with Gasteiger partial charge in [-0.05, 0) is 121 Å². The van der Waals surface area contributed by atoms with Crippen molar-refractivity contribution >= 4 is 0 Å². The molecule has 0 aliphatic heterocycles. The molecule has 1 heteroatoms. The normalized spacial score (nSPS) is 58.5. The summed E-state index contributed by atoms with van der Waals surface area (Å²) >= 11 is 0. The first kappa shape index (κ1) is 22.5. The standard InChI is InChI=1S/C30H50O/c1-19-11-14-27(5)17-18-29(7)21(25(27)20(19)2)9-10-23-28(6)15-13-24(31)26(3,4)22(28)12-16-30(23,29)8/h20-25,31H,1,9-18H2,2-8H3/t20-,21+,22-,23-,24+,25-,27-,28+,29-,30-/m1/s1. The van der Waals surface area contributed by atoms with Gasteiger partial charge in [-0.2, -0.15) is 0 Å². The lowest BCUT2D eigenvalue weighted by molar-refractivity contribution is -0.251. The van der Waals surface area contributed by atoms with Crippen LogP contribution in [0.2, 0.25) is 0 Å². The van der Waals surface area contributed by atoms with Crippen molar-refractivity contribution in [3.05, 3.63) is 12.2 Å². The Labute approximate surface area is 192 Å². The number of aliphatic hydroxyl groups excluding tert-OH is 1. The molecular formula is C30H50O. The van der Waals surface area contributed by atoms with Crippen LogP contribution in [0, 0.1) is 56.7 Å². The molecule has 0 radical (unpaired) electrons. The lowest BCUT2D eigenvalue weighted by Gasteiger charge is -2.73. The van der Waals surface area contributed by atoms with E-state index in [0.717, 1.165) is 24.2 Å². The average molecular weight is 427 g/mol. The highest BCUT2D eigenvalue weighted by Gasteiger charge is 2.69. The summed E-state index contributed by atoms with van der Waals surface area (Å²) in [6, 6.07) is 0. The second-order valence-electron chi connectivity index (χ2n) is 14.7. The van der Waals surface area contributed by atoms with Crippen molar-refractivity contribution in [3.63, 3.8) is 0 Å². The molecule has 0 aromatic rings. The van der Waals surface area contributed by atoms with Crippen LogP contribution in [0.3, 0.4) is 0 Å². The first-order valence-corrected chi connectivity index (χ1v) is 13.7. The quantitative estimate of drug-likeness (QED) is 0.389. The molecular weight excluding hydrogens is 376 g/mol. The highest BCUT2D eigenvalue weighted by Crippen LogP contribution is 2.76. The molecule has 176 valence electrons. The van der Waals surface area contributed by atoms with Gasteiger partial charge in [0.1, 0.15) is 0 Å². The Hall–Kier alpha value is -0.300. The molecule has 0 bridgehead atoms. The van der Waals surface area contributed by atoms with Gasteiger partial charge in [0.25, 0.3) is 0 Å². The van der Waals surface area contributed by atoms with Crippen molar-refractivity contribution < 1.29 is 5.11 Å². The fourth-order valence-electron chi connectivity index (χ4n) is 11.4. The SMILES string of the molecule is C=C1CC[C@]2(C)CC[C@]3(C)[C@@H](CC[C@@H]4[C@@]5(C)CC[C@H](O)C(C)(C)[C@H]5CC[C@]43C)[C@H]2[C@@H]1C. The van der Waals surface area contributed by atoms with E-state index in [9.17, 15) is 5.11 Å². The maximum atomic E-state index is 10.9. The summed E-state index contributed by atoms with van der Waals surface area (Å²) in [7, 11) is 0. The minimum atomic E-state index is -0.119. The van der Waals surface area contributed by atoms with Crippen LogP contribution in [0.15, 0.2) is 12.2 Å². The molecule has 0 amide bonds. The summed E-state index contributed by atoms with van der Waals surface area (Å²) in [5, 5.41) is 10.9. The molecule has 0 spiro atoms. The second-order valence-corrected chi connectivity index (χ2v) is 14.7. The van der Waals surface area contributed by atoms with E-state index in [1.165, 1.54) is 63.4 Å². The molecule has 0 saturated heterocycles. The van der Waals surface area contributed by atoms with E-state index in [2.05, 4.69) is 55.0 Å². The fourth-order valence-corrected chi connectivity index (χ4v) is 11.4. The third-order valence-corrected chi connectivity index (χ3v) is 13.6. The predicted molar refractivity (Wildman–Crippen MR) is 131 cm³/mol. The van der Waals surface area contributed by atoms with Gasteiger partial charge in [0.15, 0.2) is 0 Å². The van der Waals surface area contributed by atoms with Crippen LogP contribution >= 0.6 is 0 Å². The van der Waals surface area contributed by atoms with Gasteiger partial charge in [0.2, 0.25) is 0 Å². The molecule has 5 aliphatic carbocycles. The molecule has 0 aromatic heterocycles. The molecule has 1 N–H and O–H groups in total. The Bertz CT molecular complexity index is 766. The van der Waals surface area contributed by atoms with Crippen molar-refractivity contribution in [2.24, 2.45) is 56.7 Å². The van der Waals surface area contributed by atoms with Gasteiger partial charge in [0, 0.05) is 0 Å². The van der Waals surface area contributed by atoms with Gasteiger partial charge < -0.3 is 5.11 Å². The maximum absolute atomic E-state index is 10.9. The van der Waals surface area contributed by atoms with Crippen molar-refractivity contribution in [1.82, 2.24) is 0 Å². The Morgan fingerprint density at radius 2 is 1.48 bits per heavy atom. The Kier molecular flexibility index (Phi) is 4.82. The summed E-state index contributed by atoms with van der Waals surface area (Å²) in [6.07, 6.45) is 13.2. The van der Waals surface area contributed by atoms with Crippen molar-refractivity contribution in [2.45, 2.75) is 119 Å². The van der Waals surface area contributed by atoms with E-state index in [-0.39, 0.29) is 11.5 Å². The van der Waals surface area contributed by atoms with Gasteiger partial charge in [-0.1, -0.05) is 60.6 Å². The van der Waals surface area contributed by atoms with Crippen LogP contribution < -0.4 is 0 Å². The molecule has 0 aromatic carbocycles. The van der Waals surface area contributed by atoms with Crippen molar-refractivity contribution in [3.8, 4) is 0 Å². The largest absolute Gasteiger partial charge is 0.393 e. The molecule has 0 heterocycles. The van der Waals surface area contributed by atoms with Gasteiger partial charge in [0.05, 0.1) is 6.10 Å². The Balaban J connectivity index is 1.54. The third-order valence-electron chi connectivity index (χ3n) is 13.6. The molecule has 0 unspecified atom stereocenters. The van der Waals surface area contributed by atoms with Gasteiger partial charge in [-0.3, -0.25) is 0 Å². The number of hydrogen-bond donors (Lipinski definition) is 1. The van der Waals surface area contributed by atoms with Gasteiger partial charge in [-0.15, -0.1) is 0 Å². The number of aliphatic hydroxyl groups is 1. The zero-order valence-electron chi connectivity index (χ0n) is 21.7. The molecule has 10 atom stereocenters. The minimum absolute atomic E-state index is 0.0623. The lowest BCUT2D eigenvalue weighted by atomic mass is 9.31. The Morgan fingerprint density at radius 1 is 0.774 bits per heavy atom. The van der Waals surface area contributed by atoms with Crippen LogP contribution in [0.1, 0.15) is 113 Å². The zero-order valence-corrected chi connectivity index (χ0v) is 21.7. The summed E-state index contributed by atoms with van der Waals surface area (Å²) in [4.78, 5) is 0. The summed E-state index contributed by atoms with van der Waals surface area (Å²) < 4.78 is 0. The zero-order chi connectivity index (χ0) is 22.6. The maximum Gasteiger partial charge on any atom is 0.0594 e. The molecule has 31 heavy (non-hydrogen) atoms. The van der Waals surface area contributed by atoms with E-state index in [0.29, 0.717) is 33.5 Å². The summed E-state index contributed by atoms with van der Waals surface area (Å²) in [6.45, 7) is 22.6. The summed E-state index contributed by atoms with van der Waals surface area (Å²) in [5.41, 5.74) is 3.43. The topological polar surface area (TPSA) is 20.2 Å². The van der Waals surface area contributed by atoms with E-state index in [1.54, 1.807) is 0 Å². The summed E-state index contributed by atoms with van der Waals surface area (Å²) in [5.74, 6) is 3.88. The third kappa shape index (κ3) is 2.65. The van der Waals surface area contributed by atoms with Crippen LogP contribution in [0.25, 0.3) is 0 Å². The Morgan fingerprint density at radius 3 is 2.19 bits per heavy atom. The monoisotopic (exact) mass is 426 g/mol. The van der Waals surface area contributed by atoms with Crippen LogP contribution in [0.4, 0.5) is 0 Å². The van der Waals surface area contributed by atoms with Gasteiger partial charge in [-0.25, -0.2) is 0 Å². The van der Waals surface area contributed by atoms with Crippen molar-refractivity contribution in [1.29, 1.82) is 0 Å². The number of allylic oxidation sites excluding steroid dienone is 1. The van der Waals surface area contributed by atoms with Crippen LogP contribution in [-0.4, -0.2) is 11.2 Å². The first-order chi connectivity index (χ1) is 14.3. The van der Waals surface area contributed by atoms with E-state index in [1.807, 2.05) is 0 Å². The molecule has 5 fully saturated rings. The molecule has 1 nitrogen and oxygen atoms in total. The molecule has 5 saturated carbocycles. The minimum Gasteiger partial charge on any atom is -0.393 e. The molecule has 5 aliphatic rings.